The maximum Gasteiger partial charge on any atom is 0.272 e. The van der Waals surface area contributed by atoms with Gasteiger partial charge >= 0.3 is 0 Å². The lowest BCUT2D eigenvalue weighted by molar-refractivity contribution is -0.121. The molecule has 0 atom stereocenters. The molecule has 1 amide bonds. The number of fused-ring (bicyclic) bond motifs is 1. The number of nitrogens with zero attached hydrogens (tertiary/aromatic N) is 3. The Bertz CT molecular complexity index is 990. The van der Waals surface area contributed by atoms with Crippen LogP contribution < -0.4 is 15.8 Å². The van der Waals surface area contributed by atoms with E-state index in [1.807, 2.05) is 41.8 Å². The predicted octanol–water partition coefficient (Wildman–Crippen LogP) is 2.76. The molecule has 7 heteroatoms. The molecule has 0 unspecified atom stereocenters. The third kappa shape index (κ3) is 3.88. The lowest BCUT2D eigenvalue weighted by atomic mass is 10.2. The number of nitrogens with one attached hydrogen (secondary N) is 1. The standard InChI is InChI=1S/C20H22N4O2S/c25-17(21-14-15-6-2-1-3-7-15)8-12-24-19(26)18-16(9-13-27-18)22-20(24)23-10-4-5-11-23/h1-3,6-7,9,13H,4-5,8,10-12,14H2,(H,21,25). The first-order chi connectivity index (χ1) is 13.2. The van der Waals surface area contributed by atoms with Crippen LogP contribution in [0, 0.1) is 0 Å². The third-order valence-electron chi connectivity index (χ3n) is 4.83. The molecule has 1 aromatic carbocycles. The van der Waals surface area contributed by atoms with E-state index in [4.69, 9.17) is 4.98 Å². The van der Waals surface area contributed by atoms with Crippen molar-refractivity contribution in [3.8, 4) is 0 Å². The first-order valence-corrected chi connectivity index (χ1v) is 10.1. The predicted molar refractivity (Wildman–Crippen MR) is 108 cm³/mol. The summed E-state index contributed by atoms with van der Waals surface area (Å²) in [6.07, 6.45) is 2.47. The lowest BCUT2D eigenvalue weighted by Gasteiger charge is -2.21. The van der Waals surface area contributed by atoms with Crippen LogP contribution in [-0.4, -0.2) is 28.5 Å². The molecule has 1 saturated heterocycles. The van der Waals surface area contributed by atoms with Crippen molar-refractivity contribution in [1.29, 1.82) is 0 Å². The Morgan fingerprint density at radius 1 is 1.15 bits per heavy atom. The first kappa shape index (κ1) is 17.7. The van der Waals surface area contributed by atoms with Crippen LogP contribution in [0.15, 0.2) is 46.6 Å². The van der Waals surface area contributed by atoms with Crippen LogP contribution in [0.25, 0.3) is 10.2 Å². The maximum absolute atomic E-state index is 12.9. The number of hydrogen-bond donors (Lipinski definition) is 1. The molecular weight excluding hydrogens is 360 g/mol. The van der Waals surface area contributed by atoms with Crippen molar-refractivity contribution in [2.45, 2.75) is 32.4 Å². The summed E-state index contributed by atoms with van der Waals surface area (Å²) in [5.41, 5.74) is 1.76. The van der Waals surface area contributed by atoms with Crippen LogP contribution in [0.4, 0.5) is 5.95 Å². The molecule has 0 spiro atoms. The van der Waals surface area contributed by atoms with Gasteiger partial charge in [0, 0.05) is 32.6 Å². The van der Waals surface area contributed by atoms with Gasteiger partial charge in [0.25, 0.3) is 5.56 Å². The van der Waals surface area contributed by atoms with Gasteiger partial charge in [-0.2, -0.15) is 0 Å². The molecule has 140 valence electrons. The number of thiophene rings is 1. The molecule has 0 bridgehead atoms. The maximum atomic E-state index is 12.9. The number of aromatic nitrogens is 2. The summed E-state index contributed by atoms with van der Waals surface area (Å²) in [5, 5.41) is 4.82. The van der Waals surface area contributed by atoms with Crippen LogP contribution in [0.3, 0.4) is 0 Å². The Morgan fingerprint density at radius 2 is 1.93 bits per heavy atom. The monoisotopic (exact) mass is 382 g/mol. The van der Waals surface area contributed by atoms with Crippen molar-refractivity contribution in [3.05, 3.63) is 57.7 Å². The van der Waals surface area contributed by atoms with E-state index in [9.17, 15) is 9.59 Å². The minimum absolute atomic E-state index is 0.0484. The van der Waals surface area contributed by atoms with E-state index in [0.29, 0.717) is 23.7 Å². The first-order valence-electron chi connectivity index (χ1n) is 9.26. The summed E-state index contributed by atoms with van der Waals surface area (Å²) in [6.45, 7) is 2.65. The number of anilines is 1. The van der Waals surface area contributed by atoms with Gasteiger partial charge in [-0.15, -0.1) is 11.3 Å². The Morgan fingerprint density at radius 3 is 2.70 bits per heavy atom. The normalized spacial score (nSPS) is 14.0. The zero-order chi connectivity index (χ0) is 18.6. The van der Waals surface area contributed by atoms with Crippen molar-refractivity contribution in [3.63, 3.8) is 0 Å². The summed E-state index contributed by atoms with van der Waals surface area (Å²) in [5.74, 6) is 0.628. The molecule has 3 aromatic rings. The van der Waals surface area contributed by atoms with Gasteiger partial charge in [0.1, 0.15) is 4.70 Å². The minimum atomic E-state index is -0.0654. The Balaban J connectivity index is 1.50. The molecule has 3 heterocycles. The highest BCUT2D eigenvalue weighted by Gasteiger charge is 2.21. The largest absolute Gasteiger partial charge is 0.352 e. The van der Waals surface area contributed by atoms with E-state index < -0.39 is 0 Å². The highest BCUT2D eigenvalue weighted by molar-refractivity contribution is 7.17. The summed E-state index contributed by atoms with van der Waals surface area (Å²) >= 11 is 1.41. The van der Waals surface area contributed by atoms with Gasteiger partial charge in [-0.05, 0) is 29.9 Å². The molecule has 0 radical (unpaired) electrons. The Hall–Kier alpha value is -2.67. The van der Waals surface area contributed by atoms with E-state index in [0.717, 1.165) is 37.0 Å². The summed E-state index contributed by atoms with van der Waals surface area (Å²) in [6, 6.07) is 11.7. The van der Waals surface area contributed by atoms with Crippen molar-refractivity contribution in [2.75, 3.05) is 18.0 Å². The summed E-state index contributed by atoms with van der Waals surface area (Å²) < 4.78 is 2.33. The lowest BCUT2D eigenvalue weighted by Crippen LogP contribution is -2.32. The molecule has 0 saturated carbocycles. The number of benzene rings is 1. The van der Waals surface area contributed by atoms with Crippen molar-refractivity contribution in [2.24, 2.45) is 0 Å². The summed E-state index contributed by atoms with van der Waals surface area (Å²) in [4.78, 5) is 32.1. The number of hydrogen-bond acceptors (Lipinski definition) is 5. The third-order valence-corrected chi connectivity index (χ3v) is 5.72. The van der Waals surface area contributed by atoms with Gasteiger partial charge in [-0.3, -0.25) is 14.2 Å². The Labute approximate surface area is 161 Å². The number of amides is 1. The molecule has 6 nitrogen and oxygen atoms in total. The quantitative estimate of drug-likeness (QED) is 0.712. The highest BCUT2D eigenvalue weighted by Crippen LogP contribution is 2.22. The van der Waals surface area contributed by atoms with Gasteiger partial charge in [-0.1, -0.05) is 30.3 Å². The average Bonchev–Trinajstić information content (AvgIpc) is 3.38. The fraction of sp³-hybridized carbons (Fsp3) is 0.350. The molecule has 1 fully saturated rings. The number of rotatable bonds is 6. The second-order valence-corrected chi connectivity index (χ2v) is 7.63. The number of carbonyl (C=O) groups is 1. The van der Waals surface area contributed by atoms with Gasteiger partial charge in [0.05, 0.1) is 5.52 Å². The van der Waals surface area contributed by atoms with Crippen molar-refractivity contribution >= 4 is 33.4 Å². The van der Waals surface area contributed by atoms with E-state index >= 15 is 0 Å². The van der Waals surface area contributed by atoms with Gasteiger partial charge in [0.2, 0.25) is 11.9 Å². The second-order valence-electron chi connectivity index (χ2n) is 6.71. The average molecular weight is 382 g/mol. The minimum Gasteiger partial charge on any atom is -0.352 e. The van der Waals surface area contributed by atoms with Crippen molar-refractivity contribution in [1.82, 2.24) is 14.9 Å². The molecule has 1 aliphatic heterocycles. The molecule has 0 aliphatic carbocycles. The van der Waals surface area contributed by atoms with E-state index in [1.165, 1.54) is 11.3 Å². The zero-order valence-corrected chi connectivity index (χ0v) is 15.9. The molecule has 1 N–H and O–H groups in total. The highest BCUT2D eigenvalue weighted by atomic mass is 32.1. The summed E-state index contributed by atoms with van der Waals surface area (Å²) in [7, 11) is 0. The Kier molecular flexibility index (Phi) is 5.20. The SMILES string of the molecule is O=C(CCn1c(N2CCCC2)nc2ccsc2c1=O)NCc1ccccc1. The molecule has 2 aromatic heterocycles. The molecule has 4 rings (SSSR count). The van der Waals surface area contributed by atoms with Gasteiger partial charge < -0.3 is 10.2 Å². The second kappa shape index (κ2) is 7.92. The van der Waals surface area contributed by atoms with E-state index in [2.05, 4.69) is 10.2 Å². The van der Waals surface area contributed by atoms with Crippen LogP contribution in [0.5, 0.6) is 0 Å². The number of carbonyl (C=O) groups excluding carboxylic acids is 1. The fourth-order valence-corrected chi connectivity index (χ4v) is 4.17. The van der Waals surface area contributed by atoms with Crippen LogP contribution in [0.2, 0.25) is 0 Å². The van der Waals surface area contributed by atoms with Crippen LogP contribution in [-0.2, 0) is 17.9 Å². The van der Waals surface area contributed by atoms with Crippen LogP contribution in [0.1, 0.15) is 24.8 Å². The van der Waals surface area contributed by atoms with E-state index in [1.54, 1.807) is 4.57 Å². The smallest absolute Gasteiger partial charge is 0.272 e. The van der Waals surface area contributed by atoms with Gasteiger partial charge in [0.15, 0.2) is 0 Å². The molecule has 27 heavy (non-hydrogen) atoms. The topological polar surface area (TPSA) is 67.2 Å². The van der Waals surface area contributed by atoms with E-state index in [-0.39, 0.29) is 17.9 Å². The molecule has 1 aliphatic rings. The fourth-order valence-electron chi connectivity index (χ4n) is 3.39. The van der Waals surface area contributed by atoms with Crippen molar-refractivity contribution < 1.29 is 4.79 Å². The zero-order valence-electron chi connectivity index (χ0n) is 15.1. The molecular formula is C20H22N4O2S. The van der Waals surface area contributed by atoms with Crippen LogP contribution >= 0.6 is 11.3 Å². The van der Waals surface area contributed by atoms with Gasteiger partial charge in [-0.25, -0.2) is 4.98 Å².